The van der Waals surface area contributed by atoms with E-state index in [0.717, 1.165) is 16.6 Å². The van der Waals surface area contributed by atoms with Gasteiger partial charge in [0.1, 0.15) is 11.4 Å². The summed E-state index contributed by atoms with van der Waals surface area (Å²) in [6, 6.07) is 14.2. The lowest BCUT2D eigenvalue weighted by molar-refractivity contribution is 0.861. The van der Waals surface area contributed by atoms with Crippen molar-refractivity contribution in [1.82, 2.24) is 19.7 Å². The van der Waals surface area contributed by atoms with Crippen molar-refractivity contribution in [1.29, 1.82) is 0 Å². The summed E-state index contributed by atoms with van der Waals surface area (Å²) in [5.74, 6) is 1.64. The summed E-state index contributed by atoms with van der Waals surface area (Å²) in [7, 11) is 0. The predicted octanol–water partition coefficient (Wildman–Crippen LogP) is 3.47. The Morgan fingerprint density at radius 3 is 2.67 bits per heavy atom. The second-order valence-corrected chi connectivity index (χ2v) is 5.36. The molecular formula is C16H14N4S. The molecule has 0 amide bonds. The minimum absolute atomic E-state index is 0.775. The summed E-state index contributed by atoms with van der Waals surface area (Å²) in [5.41, 5.74) is 1.21. The van der Waals surface area contributed by atoms with Gasteiger partial charge in [-0.3, -0.25) is 4.57 Å². The van der Waals surface area contributed by atoms with Crippen molar-refractivity contribution in [3.8, 4) is 5.82 Å². The average molecular weight is 294 g/mol. The van der Waals surface area contributed by atoms with Crippen LogP contribution in [0.2, 0.25) is 0 Å². The molecule has 5 heteroatoms. The second-order valence-electron chi connectivity index (χ2n) is 4.32. The SMILES string of the molecule is C(=C\c1ccccc1)/CSc1ccc(-n2ccnc2)nn1. The van der Waals surface area contributed by atoms with Gasteiger partial charge in [-0.25, -0.2) is 4.98 Å². The summed E-state index contributed by atoms with van der Waals surface area (Å²) >= 11 is 1.66. The number of benzene rings is 1. The molecule has 3 aromatic rings. The Balaban J connectivity index is 1.55. The molecule has 0 saturated carbocycles. The fourth-order valence-corrected chi connectivity index (χ4v) is 2.43. The van der Waals surface area contributed by atoms with Gasteiger partial charge in [0.2, 0.25) is 0 Å². The summed E-state index contributed by atoms with van der Waals surface area (Å²) in [5, 5.41) is 9.31. The Morgan fingerprint density at radius 2 is 1.95 bits per heavy atom. The Bertz CT molecular complexity index is 691. The highest BCUT2D eigenvalue weighted by Gasteiger charge is 1.99. The van der Waals surface area contributed by atoms with E-state index in [-0.39, 0.29) is 0 Å². The molecule has 4 nitrogen and oxygen atoms in total. The van der Waals surface area contributed by atoms with Crippen LogP contribution in [-0.4, -0.2) is 25.5 Å². The Morgan fingerprint density at radius 1 is 1.05 bits per heavy atom. The Hall–Kier alpha value is -2.40. The van der Waals surface area contributed by atoms with Gasteiger partial charge in [0.25, 0.3) is 0 Å². The van der Waals surface area contributed by atoms with E-state index < -0.39 is 0 Å². The van der Waals surface area contributed by atoms with Crippen molar-refractivity contribution < 1.29 is 0 Å². The highest BCUT2D eigenvalue weighted by Crippen LogP contribution is 2.15. The lowest BCUT2D eigenvalue weighted by atomic mass is 10.2. The van der Waals surface area contributed by atoms with Gasteiger partial charge in [-0.05, 0) is 17.7 Å². The standard InChI is InChI=1S/C16H14N4S/c1-2-5-14(6-3-1)7-4-12-21-16-9-8-15(18-19-16)20-11-10-17-13-20/h1-11,13H,12H2/b7-4+. The number of imidazole rings is 1. The lowest BCUT2D eigenvalue weighted by Gasteiger charge is -2.01. The lowest BCUT2D eigenvalue weighted by Crippen LogP contribution is -1.96. The molecule has 104 valence electrons. The van der Waals surface area contributed by atoms with Crippen LogP contribution in [0.4, 0.5) is 0 Å². The van der Waals surface area contributed by atoms with Crippen LogP contribution in [0, 0.1) is 0 Å². The molecule has 0 aliphatic carbocycles. The molecular weight excluding hydrogens is 280 g/mol. The zero-order chi connectivity index (χ0) is 14.3. The maximum atomic E-state index is 4.21. The van der Waals surface area contributed by atoms with Crippen molar-refractivity contribution in [2.45, 2.75) is 5.03 Å². The smallest absolute Gasteiger partial charge is 0.160 e. The molecule has 0 saturated heterocycles. The molecule has 1 aromatic carbocycles. The predicted molar refractivity (Wildman–Crippen MR) is 85.4 cm³/mol. The molecule has 3 rings (SSSR count). The molecule has 2 heterocycles. The number of hydrogen-bond donors (Lipinski definition) is 0. The van der Waals surface area contributed by atoms with E-state index in [0.29, 0.717) is 0 Å². The van der Waals surface area contributed by atoms with Gasteiger partial charge in [0.05, 0.1) is 0 Å². The van der Waals surface area contributed by atoms with Crippen LogP contribution in [0.25, 0.3) is 11.9 Å². The van der Waals surface area contributed by atoms with Gasteiger partial charge in [0, 0.05) is 18.1 Å². The van der Waals surface area contributed by atoms with Gasteiger partial charge in [0.15, 0.2) is 5.82 Å². The Kier molecular flexibility index (Phi) is 4.43. The third kappa shape index (κ3) is 3.79. The zero-order valence-corrected chi connectivity index (χ0v) is 12.1. The van der Waals surface area contributed by atoms with Gasteiger partial charge in [-0.2, -0.15) is 0 Å². The van der Waals surface area contributed by atoms with Crippen LogP contribution in [0.15, 0.2) is 72.3 Å². The van der Waals surface area contributed by atoms with E-state index in [1.165, 1.54) is 5.56 Å². The van der Waals surface area contributed by atoms with Crippen molar-refractivity contribution in [3.05, 3.63) is 72.8 Å². The highest BCUT2D eigenvalue weighted by atomic mass is 32.2. The summed E-state index contributed by atoms with van der Waals surface area (Å²) in [4.78, 5) is 3.99. The summed E-state index contributed by atoms with van der Waals surface area (Å²) in [6.45, 7) is 0. The fraction of sp³-hybridized carbons (Fsp3) is 0.0625. The molecule has 0 aliphatic heterocycles. The molecule has 0 radical (unpaired) electrons. The second kappa shape index (κ2) is 6.85. The van der Waals surface area contributed by atoms with Crippen molar-refractivity contribution >= 4 is 17.8 Å². The third-order valence-electron chi connectivity index (χ3n) is 2.83. The van der Waals surface area contributed by atoms with E-state index in [2.05, 4.69) is 39.5 Å². The first-order valence-electron chi connectivity index (χ1n) is 6.58. The molecule has 0 atom stereocenters. The molecule has 21 heavy (non-hydrogen) atoms. The highest BCUT2D eigenvalue weighted by molar-refractivity contribution is 7.99. The average Bonchev–Trinajstić information content (AvgIpc) is 3.08. The maximum Gasteiger partial charge on any atom is 0.160 e. The van der Waals surface area contributed by atoms with E-state index in [9.17, 15) is 0 Å². The van der Waals surface area contributed by atoms with Crippen LogP contribution >= 0.6 is 11.8 Å². The van der Waals surface area contributed by atoms with Crippen molar-refractivity contribution in [2.75, 3.05) is 5.75 Å². The number of nitrogens with zero attached hydrogens (tertiary/aromatic N) is 4. The molecule has 0 aliphatic rings. The maximum absolute atomic E-state index is 4.21. The van der Waals surface area contributed by atoms with Gasteiger partial charge in [-0.1, -0.05) is 42.5 Å². The van der Waals surface area contributed by atoms with Crippen molar-refractivity contribution in [2.24, 2.45) is 0 Å². The van der Waals surface area contributed by atoms with Crippen LogP contribution in [0.3, 0.4) is 0 Å². The molecule has 0 N–H and O–H groups in total. The number of rotatable bonds is 5. The molecule has 2 aromatic heterocycles. The number of hydrogen-bond acceptors (Lipinski definition) is 4. The fourth-order valence-electron chi connectivity index (χ4n) is 1.80. The Labute approximate surface area is 127 Å². The topological polar surface area (TPSA) is 43.6 Å². The van der Waals surface area contributed by atoms with E-state index in [1.807, 2.05) is 41.1 Å². The quantitative estimate of drug-likeness (QED) is 0.676. The monoisotopic (exact) mass is 294 g/mol. The van der Waals surface area contributed by atoms with Gasteiger partial charge in [-0.15, -0.1) is 22.0 Å². The summed E-state index contributed by atoms with van der Waals surface area (Å²) in [6.07, 6.45) is 9.52. The number of aromatic nitrogens is 4. The van der Waals surface area contributed by atoms with Gasteiger partial charge >= 0.3 is 0 Å². The normalized spacial score (nSPS) is 11.0. The summed E-state index contributed by atoms with van der Waals surface area (Å²) < 4.78 is 1.83. The minimum atomic E-state index is 0.775. The first-order chi connectivity index (χ1) is 10.4. The van der Waals surface area contributed by atoms with E-state index in [4.69, 9.17) is 0 Å². The first-order valence-corrected chi connectivity index (χ1v) is 7.57. The van der Waals surface area contributed by atoms with Gasteiger partial charge < -0.3 is 0 Å². The first kappa shape index (κ1) is 13.6. The van der Waals surface area contributed by atoms with E-state index in [1.54, 1.807) is 24.3 Å². The number of thioether (sulfide) groups is 1. The molecule has 0 unspecified atom stereocenters. The molecule has 0 spiro atoms. The molecule has 0 bridgehead atoms. The van der Waals surface area contributed by atoms with Crippen LogP contribution < -0.4 is 0 Å². The molecule has 0 fully saturated rings. The largest absolute Gasteiger partial charge is 0.289 e. The van der Waals surface area contributed by atoms with Crippen molar-refractivity contribution in [3.63, 3.8) is 0 Å². The van der Waals surface area contributed by atoms with Crippen LogP contribution in [0.1, 0.15) is 5.56 Å². The zero-order valence-electron chi connectivity index (χ0n) is 11.3. The third-order valence-corrected chi connectivity index (χ3v) is 3.70. The van der Waals surface area contributed by atoms with E-state index >= 15 is 0 Å². The van der Waals surface area contributed by atoms with Crippen LogP contribution in [-0.2, 0) is 0 Å². The minimum Gasteiger partial charge on any atom is -0.289 e. The van der Waals surface area contributed by atoms with Crippen LogP contribution in [0.5, 0.6) is 0 Å².